The van der Waals surface area contributed by atoms with E-state index in [1.165, 1.54) is 0 Å². The zero-order valence-electron chi connectivity index (χ0n) is 15.3. The molecule has 8 heteroatoms. The number of carbonyl (C=O) groups is 2. The van der Waals surface area contributed by atoms with E-state index in [9.17, 15) is 18.4 Å². The normalized spacial score (nSPS) is 17.0. The third-order valence-corrected chi connectivity index (χ3v) is 4.77. The van der Waals surface area contributed by atoms with Gasteiger partial charge in [-0.1, -0.05) is 22.9 Å². The number of anilines is 1. The van der Waals surface area contributed by atoms with Crippen LogP contribution in [0.1, 0.15) is 40.5 Å². The van der Waals surface area contributed by atoms with Gasteiger partial charge in [-0.2, -0.15) is 0 Å². The smallest absolute Gasteiger partial charge is 0.410 e. The van der Waals surface area contributed by atoms with Crippen molar-refractivity contribution in [1.29, 1.82) is 0 Å². The first-order valence-electron chi connectivity index (χ1n) is 8.35. The molecule has 0 aliphatic carbocycles. The predicted molar refractivity (Wildman–Crippen MR) is 97.8 cm³/mol. The van der Waals surface area contributed by atoms with Crippen LogP contribution in [-0.2, 0) is 9.53 Å². The molecule has 2 amide bonds. The maximum absolute atomic E-state index is 13.9. The van der Waals surface area contributed by atoms with Gasteiger partial charge in [0, 0.05) is 17.6 Å². The molecule has 1 aromatic carbocycles. The monoisotopic (exact) mass is 432 g/mol. The van der Waals surface area contributed by atoms with E-state index in [0.29, 0.717) is 25.9 Å². The molecule has 1 N–H and O–H groups in total. The van der Waals surface area contributed by atoms with Crippen LogP contribution in [-0.4, -0.2) is 35.6 Å². The Labute approximate surface area is 160 Å². The van der Waals surface area contributed by atoms with Crippen molar-refractivity contribution in [3.05, 3.63) is 28.2 Å². The number of likely N-dealkylation sites (tertiary alicyclic amines) is 1. The molecule has 1 heterocycles. The molecule has 26 heavy (non-hydrogen) atoms. The summed E-state index contributed by atoms with van der Waals surface area (Å²) in [6.45, 7) is 7.76. The highest BCUT2D eigenvalue weighted by Gasteiger charge is 2.39. The molecule has 1 aliphatic heterocycles. The van der Waals surface area contributed by atoms with E-state index in [-0.39, 0.29) is 4.47 Å². The molecule has 0 spiro atoms. The number of ether oxygens (including phenoxy) is 1. The number of benzene rings is 1. The largest absolute Gasteiger partial charge is 0.444 e. The second-order valence-corrected chi connectivity index (χ2v) is 8.64. The van der Waals surface area contributed by atoms with Crippen molar-refractivity contribution < 1.29 is 23.1 Å². The molecule has 1 aromatic rings. The van der Waals surface area contributed by atoms with Gasteiger partial charge in [-0.25, -0.2) is 13.6 Å². The van der Waals surface area contributed by atoms with Crippen molar-refractivity contribution in [2.24, 2.45) is 5.41 Å². The van der Waals surface area contributed by atoms with Crippen LogP contribution >= 0.6 is 15.9 Å². The lowest BCUT2D eigenvalue weighted by atomic mass is 9.79. The molecule has 0 saturated carbocycles. The Bertz CT molecular complexity index is 688. The summed E-state index contributed by atoms with van der Waals surface area (Å²) in [5.74, 6) is -2.17. The SMILES string of the molecule is CC(C)(C)OC(=O)N1CCC(C)(C(=O)Nc2c(F)cc(Br)cc2F)CC1. The van der Waals surface area contributed by atoms with Crippen LogP contribution in [0.25, 0.3) is 0 Å². The molecule has 0 unspecified atom stereocenters. The quantitative estimate of drug-likeness (QED) is 0.736. The van der Waals surface area contributed by atoms with Gasteiger partial charge in [0.25, 0.3) is 0 Å². The van der Waals surface area contributed by atoms with Gasteiger partial charge in [0.2, 0.25) is 5.91 Å². The lowest BCUT2D eigenvalue weighted by molar-refractivity contribution is -0.127. The van der Waals surface area contributed by atoms with Crippen molar-refractivity contribution >= 4 is 33.6 Å². The summed E-state index contributed by atoms with van der Waals surface area (Å²) < 4.78 is 33.4. The number of nitrogens with one attached hydrogen (secondary N) is 1. The first-order chi connectivity index (χ1) is 11.9. The van der Waals surface area contributed by atoms with Gasteiger partial charge in [0.15, 0.2) is 11.6 Å². The topological polar surface area (TPSA) is 58.6 Å². The van der Waals surface area contributed by atoms with Crippen molar-refractivity contribution in [2.75, 3.05) is 18.4 Å². The van der Waals surface area contributed by atoms with Crippen LogP contribution in [0.4, 0.5) is 19.3 Å². The Morgan fingerprint density at radius 2 is 1.69 bits per heavy atom. The first kappa shape index (κ1) is 20.6. The lowest BCUT2D eigenvalue weighted by Crippen LogP contribution is -2.48. The minimum atomic E-state index is -0.847. The average molecular weight is 433 g/mol. The van der Waals surface area contributed by atoms with Gasteiger partial charge in [-0.3, -0.25) is 4.79 Å². The fourth-order valence-electron chi connectivity index (χ4n) is 2.66. The molecule has 144 valence electrons. The molecule has 0 bridgehead atoms. The predicted octanol–water partition coefficient (Wildman–Crippen LogP) is 4.70. The molecular formula is C18H23BrF2N2O3. The molecule has 1 aliphatic rings. The van der Waals surface area contributed by atoms with Crippen LogP contribution in [0, 0.1) is 17.0 Å². The third kappa shape index (κ3) is 4.93. The molecule has 0 aromatic heterocycles. The summed E-state index contributed by atoms with van der Waals surface area (Å²) in [5.41, 5.74) is -1.88. The Balaban J connectivity index is 2.02. The fraction of sp³-hybridized carbons (Fsp3) is 0.556. The summed E-state index contributed by atoms with van der Waals surface area (Å²) in [5, 5.41) is 2.35. The molecule has 0 atom stereocenters. The summed E-state index contributed by atoms with van der Waals surface area (Å²) >= 11 is 3.00. The highest BCUT2D eigenvalue weighted by Crippen LogP contribution is 2.34. The average Bonchev–Trinajstić information content (AvgIpc) is 2.49. The highest BCUT2D eigenvalue weighted by molar-refractivity contribution is 9.10. The Morgan fingerprint density at radius 3 is 2.15 bits per heavy atom. The minimum Gasteiger partial charge on any atom is -0.444 e. The summed E-state index contributed by atoms with van der Waals surface area (Å²) in [6.07, 6.45) is 0.320. The third-order valence-electron chi connectivity index (χ3n) is 4.31. The van der Waals surface area contributed by atoms with E-state index in [4.69, 9.17) is 4.74 Å². The van der Waals surface area contributed by atoms with Gasteiger partial charge in [-0.05, 0) is 45.7 Å². The lowest BCUT2D eigenvalue weighted by Gasteiger charge is -2.38. The van der Waals surface area contributed by atoms with Crippen LogP contribution in [0.3, 0.4) is 0 Å². The molecule has 1 saturated heterocycles. The maximum Gasteiger partial charge on any atom is 0.410 e. The first-order valence-corrected chi connectivity index (χ1v) is 9.14. The van der Waals surface area contributed by atoms with Gasteiger partial charge in [-0.15, -0.1) is 0 Å². The number of hydrogen-bond acceptors (Lipinski definition) is 3. The highest BCUT2D eigenvalue weighted by atomic mass is 79.9. The minimum absolute atomic E-state index is 0.252. The van der Waals surface area contributed by atoms with Gasteiger partial charge in [0.1, 0.15) is 11.3 Å². The number of nitrogens with zero attached hydrogens (tertiary/aromatic N) is 1. The summed E-state index contributed by atoms with van der Waals surface area (Å²) in [4.78, 5) is 26.2. The Hall–Kier alpha value is -1.70. The van der Waals surface area contributed by atoms with Crippen LogP contribution in [0.15, 0.2) is 16.6 Å². The van der Waals surface area contributed by atoms with Crippen molar-refractivity contribution in [1.82, 2.24) is 4.90 Å². The zero-order valence-corrected chi connectivity index (χ0v) is 16.9. The van der Waals surface area contributed by atoms with Crippen molar-refractivity contribution in [3.63, 3.8) is 0 Å². The van der Waals surface area contributed by atoms with E-state index in [1.807, 2.05) is 0 Å². The number of carbonyl (C=O) groups excluding carboxylic acids is 2. The number of piperidine rings is 1. The van der Waals surface area contributed by atoms with Crippen molar-refractivity contribution in [2.45, 2.75) is 46.1 Å². The second-order valence-electron chi connectivity index (χ2n) is 7.73. The number of rotatable bonds is 2. The van der Waals surface area contributed by atoms with E-state index >= 15 is 0 Å². The molecule has 1 fully saturated rings. The number of hydrogen-bond donors (Lipinski definition) is 1. The van der Waals surface area contributed by atoms with Crippen LogP contribution in [0.2, 0.25) is 0 Å². The fourth-order valence-corrected chi connectivity index (χ4v) is 3.06. The number of amides is 2. The second kappa shape index (κ2) is 7.50. The van der Waals surface area contributed by atoms with Gasteiger partial charge in [0.05, 0.1) is 5.41 Å². The number of halogens is 3. The van der Waals surface area contributed by atoms with Crippen LogP contribution < -0.4 is 5.32 Å². The molecule has 5 nitrogen and oxygen atoms in total. The van der Waals surface area contributed by atoms with E-state index in [2.05, 4.69) is 21.2 Å². The standard InChI is InChI=1S/C18H23BrF2N2O3/c1-17(2,3)26-16(25)23-7-5-18(4,6-8-23)15(24)22-14-12(20)9-11(19)10-13(14)21/h9-10H,5-8H2,1-4H3,(H,22,24). The molecule has 0 radical (unpaired) electrons. The van der Waals surface area contributed by atoms with E-state index < -0.39 is 40.3 Å². The van der Waals surface area contributed by atoms with Gasteiger partial charge < -0.3 is 15.0 Å². The summed E-state index contributed by atoms with van der Waals surface area (Å²) in [7, 11) is 0. The molecular weight excluding hydrogens is 410 g/mol. The van der Waals surface area contributed by atoms with Crippen LogP contribution in [0.5, 0.6) is 0 Å². The molecule has 2 rings (SSSR count). The van der Waals surface area contributed by atoms with Crippen molar-refractivity contribution in [3.8, 4) is 0 Å². The summed E-state index contributed by atoms with van der Waals surface area (Å²) in [6, 6.07) is 2.18. The van der Waals surface area contributed by atoms with E-state index in [0.717, 1.165) is 12.1 Å². The van der Waals surface area contributed by atoms with E-state index in [1.54, 1.807) is 32.6 Å². The Kier molecular flexibility index (Phi) is 5.95. The zero-order chi connectivity index (χ0) is 19.7. The Morgan fingerprint density at radius 1 is 1.19 bits per heavy atom. The maximum atomic E-state index is 13.9. The van der Waals surface area contributed by atoms with Gasteiger partial charge >= 0.3 is 6.09 Å².